The van der Waals surface area contributed by atoms with Crippen molar-refractivity contribution in [2.75, 3.05) is 23.4 Å². The van der Waals surface area contributed by atoms with Gasteiger partial charge in [0.25, 0.3) is 5.91 Å². The lowest BCUT2D eigenvalue weighted by Crippen LogP contribution is -2.43. The molecule has 0 aliphatic carbocycles. The third-order valence-corrected chi connectivity index (χ3v) is 4.43. The van der Waals surface area contributed by atoms with E-state index in [1.165, 1.54) is 4.90 Å². The minimum atomic E-state index is -0.290. The highest BCUT2D eigenvalue weighted by molar-refractivity contribution is 6.31. The second kappa shape index (κ2) is 6.69. The van der Waals surface area contributed by atoms with Gasteiger partial charge in [0.15, 0.2) is 6.61 Å². The summed E-state index contributed by atoms with van der Waals surface area (Å²) in [6.07, 6.45) is 0. The Balaban J connectivity index is 1.54. The van der Waals surface area contributed by atoms with Gasteiger partial charge >= 0.3 is 0 Å². The van der Waals surface area contributed by atoms with Gasteiger partial charge < -0.3 is 10.1 Å². The highest BCUT2D eigenvalue weighted by Gasteiger charge is 2.27. The lowest BCUT2D eigenvalue weighted by molar-refractivity contribution is -0.123. The summed E-state index contributed by atoms with van der Waals surface area (Å²) in [6, 6.07) is 18.6. The highest BCUT2D eigenvalue weighted by atomic mass is 35.5. The monoisotopic (exact) mass is 366 g/mol. The van der Waals surface area contributed by atoms with Crippen molar-refractivity contribution in [1.29, 1.82) is 0 Å². The molecule has 6 heteroatoms. The molecule has 2 amide bonds. The van der Waals surface area contributed by atoms with Crippen molar-refractivity contribution >= 4 is 45.6 Å². The molecule has 4 rings (SSSR count). The summed E-state index contributed by atoms with van der Waals surface area (Å²) in [5.74, 6) is -0.0395. The molecular weight excluding hydrogens is 352 g/mol. The van der Waals surface area contributed by atoms with Crippen LogP contribution in [0.15, 0.2) is 60.7 Å². The molecule has 3 aromatic rings. The fraction of sp³-hybridized carbons (Fsp3) is 0.100. The van der Waals surface area contributed by atoms with Gasteiger partial charge in [0.05, 0.1) is 5.69 Å². The summed E-state index contributed by atoms with van der Waals surface area (Å²) in [6.45, 7) is -0.208. The highest BCUT2D eigenvalue weighted by Crippen LogP contribution is 2.34. The Labute approximate surface area is 155 Å². The number of nitrogens with zero attached hydrogens (tertiary/aromatic N) is 1. The van der Waals surface area contributed by atoms with Crippen LogP contribution in [0.25, 0.3) is 10.8 Å². The first-order valence-corrected chi connectivity index (χ1v) is 8.49. The summed E-state index contributed by atoms with van der Waals surface area (Å²) >= 11 is 6.02. The summed E-state index contributed by atoms with van der Waals surface area (Å²) in [4.78, 5) is 26.1. The Hall–Kier alpha value is -3.05. The number of anilines is 2. The molecule has 0 aromatic heterocycles. The van der Waals surface area contributed by atoms with Gasteiger partial charge in [-0.2, -0.15) is 0 Å². The zero-order valence-corrected chi connectivity index (χ0v) is 14.5. The molecule has 1 N–H and O–H groups in total. The smallest absolute Gasteiger partial charge is 0.265 e. The SMILES string of the molecule is O=C(CN1C(=O)COc2ccc(Cl)cc21)Nc1ccc2ccccc2c1. The Morgan fingerprint density at radius 3 is 2.73 bits per heavy atom. The molecule has 0 radical (unpaired) electrons. The van der Waals surface area contributed by atoms with E-state index in [0.29, 0.717) is 22.1 Å². The predicted molar refractivity (Wildman–Crippen MR) is 102 cm³/mol. The molecule has 0 spiro atoms. The van der Waals surface area contributed by atoms with Crippen LogP contribution in [0.3, 0.4) is 0 Å². The van der Waals surface area contributed by atoms with Gasteiger partial charge in [0.2, 0.25) is 5.91 Å². The molecule has 3 aromatic carbocycles. The average molecular weight is 367 g/mol. The van der Waals surface area contributed by atoms with Crippen LogP contribution in [0, 0.1) is 0 Å². The summed E-state index contributed by atoms with van der Waals surface area (Å²) in [7, 11) is 0. The molecule has 0 unspecified atom stereocenters. The molecule has 0 saturated carbocycles. The molecule has 0 bridgehead atoms. The van der Waals surface area contributed by atoms with Crippen LogP contribution in [0.2, 0.25) is 5.02 Å². The fourth-order valence-corrected chi connectivity index (χ4v) is 3.13. The van der Waals surface area contributed by atoms with Crippen molar-refractivity contribution in [2.24, 2.45) is 0 Å². The number of amides is 2. The van der Waals surface area contributed by atoms with Crippen molar-refractivity contribution in [3.8, 4) is 5.75 Å². The lowest BCUT2D eigenvalue weighted by atomic mass is 10.1. The second-order valence-electron chi connectivity index (χ2n) is 5.99. The Kier molecular flexibility index (Phi) is 4.22. The van der Waals surface area contributed by atoms with Crippen molar-refractivity contribution < 1.29 is 14.3 Å². The average Bonchev–Trinajstić information content (AvgIpc) is 2.64. The maximum absolute atomic E-state index is 12.5. The molecule has 0 saturated heterocycles. The van der Waals surface area contributed by atoms with Crippen molar-refractivity contribution in [3.63, 3.8) is 0 Å². The van der Waals surface area contributed by atoms with E-state index in [1.807, 2.05) is 42.5 Å². The largest absolute Gasteiger partial charge is 0.482 e. The minimum absolute atomic E-state index is 0.0993. The van der Waals surface area contributed by atoms with Crippen LogP contribution in [0.4, 0.5) is 11.4 Å². The number of hydrogen-bond donors (Lipinski definition) is 1. The number of fused-ring (bicyclic) bond motifs is 2. The first-order valence-electron chi connectivity index (χ1n) is 8.11. The van der Waals surface area contributed by atoms with Gasteiger partial charge in [0.1, 0.15) is 12.3 Å². The number of carbonyl (C=O) groups excluding carboxylic acids is 2. The van der Waals surface area contributed by atoms with E-state index in [-0.39, 0.29) is 25.0 Å². The molecular formula is C20H15ClN2O3. The molecule has 130 valence electrons. The van der Waals surface area contributed by atoms with E-state index in [9.17, 15) is 9.59 Å². The van der Waals surface area contributed by atoms with Crippen LogP contribution < -0.4 is 15.0 Å². The third-order valence-electron chi connectivity index (χ3n) is 4.20. The number of ether oxygens (including phenoxy) is 1. The molecule has 5 nitrogen and oxygen atoms in total. The number of hydrogen-bond acceptors (Lipinski definition) is 3. The standard InChI is InChI=1S/C20H15ClN2O3/c21-15-6-8-18-17(10-15)23(20(25)12-26-18)11-19(24)22-16-7-5-13-3-1-2-4-14(13)9-16/h1-10H,11-12H2,(H,22,24). The first kappa shape index (κ1) is 16.4. The van der Waals surface area contributed by atoms with Crippen molar-refractivity contribution in [1.82, 2.24) is 0 Å². The van der Waals surface area contributed by atoms with E-state index in [4.69, 9.17) is 16.3 Å². The summed E-state index contributed by atoms with van der Waals surface area (Å²) in [5.41, 5.74) is 1.18. The van der Waals surface area contributed by atoms with E-state index >= 15 is 0 Å². The Bertz CT molecular complexity index is 1020. The molecule has 0 atom stereocenters. The predicted octanol–water partition coefficient (Wildman–Crippen LogP) is 3.86. The van der Waals surface area contributed by atoms with E-state index in [0.717, 1.165) is 10.8 Å². The van der Waals surface area contributed by atoms with Gasteiger partial charge in [-0.3, -0.25) is 14.5 Å². The van der Waals surface area contributed by atoms with E-state index in [2.05, 4.69) is 5.32 Å². The number of halogens is 1. The maximum Gasteiger partial charge on any atom is 0.265 e. The molecule has 0 fully saturated rings. The first-order chi connectivity index (χ1) is 12.6. The summed E-state index contributed by atoms with van der Waals surface area (Å²) < 4.78 is 5.39. The normalized spacial score (nSPS) is 13.3. The quantitative estimate of drug-likeness (QED) is 0.765. The van der Waals surface area contributed by atoms with Gasteiger partial charge in [0, 0.05) is 10.7 Å². The van der Waals surface area contributed by atoms with Gasteiger partial charge in [-0.25, -0.2) is 0 Å². The van der Waals surface area contributed by atoms with Crippen LogP contribution in [-0.2, 0) is 9.59 Å². The molecule has 1 heterocycles. The van der Waals surface area contributed by atoms with Crippen LogP contribution in [0.5, 0.6) is 5.75 Å². The van der Waals surface area contributed by atoms with Gasteiger partial charge in [-0.1, -0.05) is 41.9 Å². The molecule has 1 aliphatic rings. The topological polar surface area (TPSA) is 58.6 Å². The maximum atomic E-state index is 12.5. The van der Waals surface area contributed by atoms with E-state index < -0.39 is 0 Å². The summed E-state index contributed by atoms with van der Waals surface area (Å²) in [5, 5.41) is 5.44. The number of carbonyl (C=O) groups is 2. The van der Waals surface area contributed by atoms with Crippen LogP contribution in [0.1, 0.15) is 0 Å². The van der Waals surface area contributed by atoms with Crippen LogP contribution >= 0.6 is 11.6 Å². The Morgan fingerprint density at radius 1 is 1.08 bits per heavy atom. The fourth-order valence-electron chi connectivity index (χ4n) is 2.96. The molecule has 26 heavy (non-hydrogen) atoms. The van der Waals surface area contributed by atoms with Crippen molar-refractivity contribution in [2.45, 2.75) is 0 Å². The lowest BCUT2D eigenvalue weighted by Gasteiger charge is -2.29. The number of benzene rings is 3. The number of rotatable bonds is 3. The second-order valence-corrected chi connectivity index (χ2v) is 6.43. The van der Waals surface area contributed by atoms with Gasteiger partial charge in [-0.05, 0) is 41.1 Å². The molecule has 1 aliphatic heterocycles. The zero-order chi connectivity index (χ0) is 18.1. The Morgan fingerprint density at radius 2 is 1.88 bits per heavy atom. The van der Waals surface area contributed by atoms with Crippen molar-refractivity contribution in [3.05, 3.63) is 65.7 Å². The zero-order valence-electron chi connectivity index (χ0n) is 13.7. The van der Waals surface area contributed by atoms with E-state index in [1.54, 1.807) is 18.2 Å². The van der Waals surface area contributed by atoms with Crippen LogP contribution in [-0.4, -0.2) is 25.0 Å². The minimum Gasteiger partial charge on any atom is -0.482 e. The van der Waals surface area contributed by atoms with Gasteiger partial charge in [-0.15, -0.1) is 0 Å². The number of nitrogens with one attached hydrogen (secondary N) is 1. The third kappa shape index (κ3) is 3.21.